The number of nitrogens with two attached hydrogens (primary N) is 1. The number of nitrogens with zero attached hydrogens (tertiary/aromatic N) is 1. The number of halogens is 6. The summed E-state index contributed by atoms with van der Waals surface area (Å²) >= 11 is 0. The Morgan fingerprint density at radius 2 is 1.40 bits per heavy atom. The summed E-state index contributed by atoms with van der Waals surface area (Å²) in [6.45, 7) is 0.539. The van der Waals surface area contributed by atoms with Crippen molar-refractivity contribution >= 4 is 11.4 Å². The van der Waals surface area contributed by atoms with Crippen molar-refractivity contribution in [2.75, 3.05) is 18.0 Å². The van der Waals surface area contributed by atoms with E-state index in [-0.39, 0.29) is 29.4 Å². The predicted octanol–water partition coefficient (Wildman–Crippen LogP) is 3.63. The minimum atomic E-state index is -4.66. The van der Waals surface area contributed by atoms with Crippen LogP contribution in [-0.2, 0) is 12.4 Å². The molecule has 2 aliphatic rings. The van der Waals surface area contributed by atoms with Gasteiger partial charge >= 0.3 is 12.4 Å². The normalized spacial score (nSPS) is 24.1. The maximum absolute atomic E-state index is 13.2. The molecule has 0 radical (unpaired) electrons. The molecule has 4 N–H and O–H groups in total. The van der Waals surface area contributed by atoms with Gasteiger partial charge in [-0.05, 0) is 36.4 Å². The van der Waals surface area contributed by atoms with Crippen molar-refractivity contribution in [2.24, 2.45) is 5.73 Å². The van der Waals surface area contributed by atoms with E-state index in [9.17, 15) is 31.4 Å². The Labute approximate surface area is 167 Å². The lowest BCUT2D eigenvalue weighted by molar-refractivity contribution is -0.138. The molecule has 2 aliphatic heterocycles. The molecule has 11 heteroatoms. The van der Waals surface area contributed by atoms with E-state index in [1.807, 2.05) is 0 Å². The molecule has 0 bridgehead atoms. The Bertz CT molecular complexity index is 899. The minimum absolute atomic E-state index is 0.190. The van der Waals surface area contributed by atoms with Crippen LogP contribution in [0.3, 0.4) is 0 Å². The molecule has 5 nitrogen and oxygen atoms in total. The summed E-state index contributed by atoms with van der Waals surface area (Å²) in [5.74, 6) is -0.522. The molecule has 1 fully saturated rings. The zero-order valence-electron chi connectivity index (χ0n) is 15.3. The van der Waals surface area contributed by atoms with Crippen LogP contribution in [0.15, 0.2) is 36.4 Å². The number of nitrogens with one attached hydrogen (secondary N) is 1. The molecule has 0 amide bonds. The van der Waals surface area contributed by atoms with E-state index in [1.54, 1.807) is 0 Å². The number of ether oxygens (including phenoxy) is 1. The van der Waals surface area contributed by atoms with Crippen molar-refractivity contribution in [3.63, 3.8) is 0 Å². The predicted molar refractivity (Wildman–Crippen MR) is 95.7 cm³/mol. The number of rotatable bonds is 1. The number of anilines is 2. The van der Waals surface area contributed by atoms with Crippen LogP contribution in [0.1, 0.15) is 11.1 Å². The summed E-state index contributed by atoms with van der Waals surface area (Å²) in [6, 6.07) is 4.12. The largest absolute Gasteiger partial charge is 0.453 e. The first kappa shape index (κ1) is 20.8. The van der Waals surface area contributed by atoms with Gasteiger partial charge in [0.1, 0.15) is 0 Å². The minimum Gasteiger partial charge on any atom is -0.453 e. The van der Waals surface area contributed by atoms with Gasteiger partial charge in [0.25, 0.3) is 0 Å². The molecule has 1 saturated heterocycles. The average Bonchev–Trinajstić information content (AvgIpc) is 2.66. The number of piperidine rings is 1. The van der Waals surface area contributed by atoms with Crippen LogP contribution in [0, 0.1) is 0 Å². The Morgan fingerprint density at radius 1 is 0.900 bits per heavy atom. The molecule has 0 aromatic heterocycles. The van der Waals surface area contributed by atoms with E-state index in [0.717, 1.165) is 24.3 Å². The topological polar surface area (TPSA) is 70.8 Å². The van der Waals surface area contributed by atoms with Gasteiger partial charge in [-0.15, -0.1) is 0 Å². The maximum atomic E-state index is 13.2. The van der Waals surface area contributed by atoms with E-state index in [0.29, 0.717) is 6.54 Å². The highest BCUT2D eigenvalue weighted by molar-refractivity contribution is 5.79. The lowest BCUT2D eigenvalue weighted by Crippen LogP contribution is -2.62. The molecule has 2 aromatic rings. The number of alkyl halides is 6. The van der Waals surface area contributed by atoms with Crippen LogP contribution in [-0.4, -0.2) is 36.4 Å². The zero-order valence-corrected chi connectivity index (χ0v) is 15.3. The highest BCUT2D eigenvalue weighted by Gasteiger charge is 2.41. The summed E-state index contributed by atoms with van der Waals surface area (Å²) in [5, 5.41) is 13.6. The SMILES string of the molecule is NC1CNCC(N2c3ccc(C(F)(F)F)cc3Oc3cc(C(F)(F)F)ccc32)C1O. The lowest BCUT2D eigenvalue weighted by Gasteiger charge is -2.44. The van der Waals surface area contributed by atoms with Gasteiger partial charge in [0.2, 0.25) is 0 Å². The van der Waals surface area contributed by atoms with Crippen LogP contribution < -0.4 is 20.7 Å². The second-order valence-electron chi connectivity index (χ2n) is 7.21. The van der Waals surface area contributed by atoms with Crippen molar-refractivity contribution in [3.8, 4) is 11.5 Å². The molecular weight excluding hydrogens is 416 g/mol. The van der Waals surface area contributed by atoms with Crippen molar-refractivity contribution in [2.45, 2.75) is 30.5 Å². The van der Waals surface area contributed by atoms with E-state index in [4.69, 9.17) is 10.5 Å². The number of fused-ring (bicyclic) bond motifs is 2. The van der Waals surface area contributed by atoms with E-state index in [2.05, 4.69) is 5.32 Å². The van der Waals surface area contributed by atoms with Crippen LogP contribution in [0.25, 0.3) is 0 Å². The molecule has 3 unspecified atom stereocenters. The molecule has 3 atom stereocenters. The highest BCUT2D eigenvalue weighted by Crippen LogP contribution is 2.51. The molecule has 30 heavy (non-hydrogen) atoms. The quantitative estimate of drug-likeness (QED) is 0.600. The van der Waals surface area contributed by atoms with Crippen molar-refractivity contribution < 1.29 is 36.2 Å². The Balaban J connectivity index is 1.87. The smallest absolute Gasteiger partial charge is 0.416 e. The van der Waals surface area contributed by atoms with Gasteiger partial charge in [0.05, 0.1) is 34.6 Å². The van der Waals surface area contributed by atoms with Crippen molar-refractivity contribution in [1.29, 1.82) is 0 Å². The van der Waals surface area contributed by atoms with Crippen LogP contribution in [0.4, 0.5) is 37.7 Å². The third-order valence-corrected chi connectivity index (χ3v) is 5.21. The molecule has 2 heterocycles. The monoisotopic (exact) mass is 433 g/mol. The van der Waals surface area contributed by atoms with E-state index in [1.165, 1.54) is 17.0 Å². The summed E-state index contributed by atoms with van der Waals surface area (Å²) in [5.41, 5.74) is 4.28. The van der Waals surface area contributed by atoms with Gasteiger partial charge in [-0.2, -0.15) is 26.3 Å². The average molecular weight is 433 g/mol. The first-order chi connectivity index (χ1) is 14.0. The van der Waals surface area contributed by atoms with Gasteiger partial charge in [-0.1, -0.05) is 0 Å². The maximum Gasteiger partial charge on any atom is 0.416 e. The fraction of sp³-hybridized carbons (Fsp3) is 0.368. The Hall–Kier alpha value is -2.50. The lowest BCUT2D eigenvalue weighted by atomic mass is 9.95. The van der Waals surface area contributed by atoms with Crippen LogP contribution >= 0.6 is 0 Å². The Morgan fingerprint density at radius 3 is 1.87 bits per heavy atom. The molecule has 162 valence electrons. The number of benzene rings is 2. The fourth-order valence-electron chi connectivity index (χ4n) is 3.72. The molecular formula is C19H17F6N3O2. The molecule has 4 rings (SSSR count). The van der Waals surface area contributed by atoms with Gasteiger partial charge < -0.3 is 25.8 Å². The first-order valence-electron chi connectivity index (χ1n) is 9.01. The number of aliphatic hydroxyl groups excluding tert-OH is 1. The van der Waals surface area contributed by atoms with Gasteiger partial charge in [0.15, 0.2) is 11.5 Å². The zero-order chi connectivity index (χ0) is 21.8. The third kappa shape index (κ3) is 3.57. The van der Waals surface area contributed by atoms with Gasteiger partial charge in [-0.3, -0.25) is 0 Å². The number of aliphatic hydroxyl groups is 1. The Kier molecular flexibility index (Phi) is 4.87. The van der Waals surface area contributed by atoms with Crippen LogP contribution in [0.2, 0.25) is 0 Å². The summed E-state index contributed by atoms with van der Waals surface area (Å²) in [6.07, 6.45) is -10.4. The molecule has 0 spiro atoms. The summed E-state index contributed by atoms with van der Waals surface area (Å²) < 4.78 is 84.4. The van der Waals surface area contributed by atoms with E-state index >= 15 is 0 Å². The highest BCUT2D eigenvalue weighted by atomic mass is 19.4. The second kappa shape index (κ2) is 7.03. The van der Waals surface area contributed by atoms with Crippen molar-refractivity contribution in [3.05, 3.63) is 47.5 Å². The molecule has 0 aliphatic carbocycles. The first-order valence-corrected chi connectivity index (χ1v) is 9.01. The van der Waals surface area contributed by atoms with Gasteiger partial charge in [-0.25, -0.2) is 0 Å². The number of hydrogen-bond donors (Lipinski definition) is 3. The number of hydrogen-bond acceptors (Lipinski definition) is 5. The summed E-state index contributed by atoms with van der Waals surface area (Å²) in [7, 11) is 0. The second-order valence-corrected chi connectivity index (χ2v) is 7.21. The standard InChI is InChI=1S/C19H17F6N3O2/c20-18(21,22)9-1-3-12-15(5-9)30-16-6-10(19(23,24)25)2-4-13(16)28(12)14-8-27-7-11(26)17(14)29/h1-6,11,14,17,27,29H,7-8,26H2. The summed E-state index contributed by atoms with van der Waals surface area (Å²) in [4.78, 5) is 1.48. The van der Waals surface area contributed by atoms with Crippen molar-refractivity contribution in [1.82, 2.24) is 5.32 Å². The fourth-order valence-corrected chi connectivity index (χ4v) is 3.72. The molecule has 2 aromatic carbocycles. The molecule has 0 saturated carbocycles. The van der Waals surface area contributed by atoms with Crippen LogP contribution in [0.5, 0.6) is 11.5 Å². The third-order valence-electron chi connectivity index (χ3n) is 5.21. The van der Waals surface area contributed by atoms with E-state index < -0.39 is 41.7 Å². The van der Waals surface area contributed by atoms with Gasteiger partial charge in [0, 0.05) is 19.1 Å².